The number of benzene rings is 1. The van der Waals surface area contributed by atoms with Crippen LogP contribution in [0.1, 0.15) is 11.1 Å². The number of hydrogen-bond acceptors (Lipinski definition) is 4. The average molecular weight is 300 g/mol. The fraction of sp³-hybridized carbons (Fsp3) is 0.0833. The first-order valence-electron chi connectivity index (χ1n) is 5.18. The fourth-order valence-corrected chi connectivity index (χ4v) is 1.48. The quantitative estimate of drug-likeness (QED) is 0.846. The molecule has 1 aromatic carbocycles. The topological polar surface area (TPSA) is 58.8 Å². The Morgan fingerprint density at radius 2 is 1.90 bits per heavy atom. The summed E-state index contributed by atoms with van der Waals surface area (Å²) in [4.78, 5) is 0. The molecule has 0 aliphatic carbocycles. The number of rotatable bonds is 2. The van der Waals surface area contributed by atoms with Crippen LogP contribution in [-0.4, -0.2) is 10.2 Å². The summed E-state index contributed by atoms with van der Waals surface area (Å²) in [6.45, 7) is 0. The maximum atomic E-state index is 12.9. The Kier molecular flexibility index (Phi) is 3.77. The second-order valence-corrected chi connectivity index (χ2v) is 4.00. The minimum absolute atomic E-state index is 0.0909. The van der Waals surface area contributed by atoms with Gasteiger partial charge in [0.2, 0.25) is 5.88 Å². The van der Waals surface area contributed by atoms with Crippen LogP contribution in [0.4, 0.5) is 13.2 Å². The maximum Gasteiger partial charge on any atom is 0.420 e. The summed E-state index contributed by atoms with van der Waals surface area (Å²) in [6, 6.07) is 7.23. The molecule has 1 heterocycles. The molecular weight excluding hydrogens is 295 g/mol. The van der Waals surface area contributed by atoms with Crippen molar-refractivity contribution >= 4 is 11.6 Å². The number of hydrogen-bond donors (Lipinski definition) is 0. The highest BCUT2D eigenvalue weighted by Crippen LogP contribution is 2.38. The van der Waals surface area contributed by atoms with E-state index in [4.69, 9.17) is 21.6 Å². The predicted octanol–water partition coefficient (Wildman–Crippen LogP) is 3.81. The lowest BCUT2D eigenvalue weighted by molar-refractivity contribution is -0.138. The third kappa shape index (κ3) is 3.16. The summed E-state index contributed by atoms with van der Waals surface area (Å²) in [7, 11) is 0. The third-order valence-corrected chi connectivity index (χ3v) is 2.44. The van der Waals surface area contributed by atoms with E-state index in [0.29, 0.717) is 6.07 Å². The third-order valence-electron chi connectivity index (χ3n) is 2.24. The van der Waals surface area contributed by atoms with Crippen LogP contribution in [0.2, 0.25) is 5.15 Å². The number of ether oxygens (including phenoxy) is 1. The molecule has 102 valence electrons. The van der Waals surface area contributed by atoms with Crippen molar-refractivity contribution in [3.63, 3.8) is 0 Å². The molecule has 4 nitrogen and oxygen atoms in total. The molecule has 0 atom stereocenters. The SMILES string of the molecule is N#Cc1ccc(Oc2ccc(Cl)nn2)c(C(F)(F)F)c1. The zero-order chi connectivity index (χ0) is 14.8. The molecule has 0 saturated carbocycles. The van der Waals surface area contributed by atoms with Crippen molar-refractivity contribution in [1.82, 2.24) is 10.2 Å². The van der Waals surface area contributed by atoms with E-state index in [1.807, 2.05) is 0 Å². The van der Waals surface area contributed by atoms with Crippen LogP contribution in [-0.2, 0) is 6.18 Å². The van der Waals surface area contributed by atoms with Crippen LogP contribution < -0.4 is 4.74 Å². The molecule has 0 radical (unpaired) electrons. The van der Waals surface area contributed by atoms with Crippen LogP contribution in [0, 0.1) is 11.3 Å². The van der Waals surface area contributed by atoms with Crippen molar-refractivity contribution in [1.29, 1.82) is 5.26 Å². The van der Waals surface area contributed by atoms with Gasteiger partial charge in [-0.2, -0.15) is 18.4 Å². The molecule has 0 bridgehead atoms. The second-order valence-electron chi connectivity index (χ2n) is 3.62. The zero-order valence-corrected chi connectivity index (χ0v) is 10.4. The van der Waals surface area contributed by atoms with Crippen molar-refractivity contribution in [2.45, 2.75) is 6.18 Å². The Labute approximate surface area is 116 Å². The molecule has 0 saturated heterocycles. The van der Waals surface area contributed by atoms with Crippen LogP contribution in [0.3, 0.4) is 0 Å². The van der Waals surface area contributed by atoms with Crippen molar-refractivity contribution in [2.75, 3.05) is 0 Å². The highest BCUT2D eigenvalue weighted by Gasteiger charge is 2.35. The summed E-state index contributed by atoms with van der Waals surface area (Å²) < 4.78 is 43.7. The number of nitriles is 1. The Morgan fingerprint density at radius 3 is 2.45 bits per heavy atom. The van der Waals surface area contributed by atoms with Crippen LogP contribution >= 0.6 is 11.6 Å². The predicted molar refractivity (Wildman–Crippen MR) is 63.3 cm³/mol. The summed E-state index contributed by atoms with van der Waals surface area (Å²) in [5.41, 5.74) is -1.18. The van der Waals surface area contributed by atoms with Crippen LogP contribution in [0.5, 0.6) is 11.6 Å². The van der Waals surface area contributed by atoms with E-state index in [1.165, 1.54) is 18.2 Å². The van der Waals surface area contributed by atoms with E-state index in [9.17, 15) is 13.2 Å². The molecule has 0 aliphatic rings. The van der Waals surface area contributed by atoms with Crippen molar-refractivity contribution in [3.05, 3.63) is 46.6 Å². The van der Waals surface area contributed by atoms with Gasteiger partial charge in [-0.3, -0.25) is 0 Å². The van der Waals surface area contributed by atoms with Gasteiger partial charge in [0.25, 0.3) is 0 Å². The smallest absolute Gasteiger partial charge is 0.420 e. The lowest BCUT2D eigenvalue weighted by atomic mass is 10.1. The lowest BCUT2D eigenvalue weighted by Gasteiger charge is -2.13. The van der Waals surface area contributed by atoms with E-state index in [0.717, 1.165) is 6.07 Å². The molecule has 0 N–H and O–H groups in total. The van der Waals surface area contributed by atoms with Crippen LogP contribution in [0.25, 0.3) is 0 Å². The van der Waals surface area contributed by atoms with Gasteiger partial charge in [0.15, 0.2) is 5.15 Å². The Hall–Kier alpha value is -2.33. The average Bonchev–Trinajstić information content (AvgIpc) is 2.40. The summed E-state index contributed by atoms with van der Waals surface area (Å²) in [5.74, 6) is -0.599. The molecule has 2 aromatic rings. The summed E-state index contributed by atoms with van der Waals surface area (Å²) in [6.07, 6.45) is -4.65. The maximum absolute atomic E-state index is 12.9. The number of halogens is 4. The van der Waals surface area contributed by atoms with Crippen LogP contribution in [0.15, 0.2) is 30.3 Å². The van der Waals surface area contributed by atoms with Gasteiger partial charge in [0.1, 0.15) is 5.75 Å². The Balaban J connectivity index is 2.41. The zero-order valence-electron chi connectivity index (χ0n) is 9.65. The molecule has 0 fully saturated rings. The van der Waals surface area contributed by atoms with Gasteiger partial charge in [-0.25, -0.2) is 0 Å². The first kappa shape index (κ1) is 14.1. The fourth-order valence-electron chi connectivity index (χ4n) is 1.38. The monoisotopic (exact) mass is 299 g/mol. The van der Waals surface area contributed by atoms with E-state index in [-0.39, 0.29) is 16.6 Å². The Bertz CT molecular complexity index is 665. The molecule has 20 heavy (non-hydrogen) atoms. The first-order valence-corrected chi connectivity index (χ1v) is 5.56. The van der Waals surface area contributed by atoms with Gasteiger partial charge in [-0.1, -0.05) is 11.6 Å². The minimum Gasteiger partial charge on any atom is -0.437 e. The molecule has 8 heteroatoms. The van der Waals surface area contributed by atoms with Gasteiger partial charge in [-0.15, -0.1) is 10.2 Å². The number of aromatic nitrogens is 2. The second kappa shape index (κ2) is 5.35. The van der Waals surface area contributed by atoms with Gasteiger partial charge in [0.05, 0.1) is 17.2 Å². The van der Waals surface area contributed by atoms with Crippen molar-refractivity contribution < 1.29 is 17.9 Å². The van der Waals surface area contributed by atoms with E-state index < -0.39 is 17.5 Å². The normalized spacial score (nSPS) is 10.9. The summed E-state index contributed by atoms with van der Waals surface area (Å²) >= 11 is 5.51. The van der Waals surface area contributed by atoms with Gasteiger partial charge in [-0.05, 0) is 24.3 Å². The molecule has 0 amide bonds. The summed E-state index contributed by atoms with van der Waals surface area (Å²) in [5, 5.41) is 15.7. The van der Waals surface area contributed by atoms with E-state index in [2.05, 4.69) is 10.2 Å². The number of alkyl halides is 3. The first-order chi connectivity index (χ1) is 9.40. The number of nitrogens with zero attached hydrogens (tertiary/aromatic N) is 3. The molecule has 0 spiro atoms. The van der Waals surface area contributed by atoms with Crippen molar-refractivity contribution in [2.24, 2.45) is 0 Å². The molecule has 0 unspecified atom stereocenters. The molecule has 0 aliphatic heterocycles. The highest BCUT2D eigenvalue weighted by molar-refractivity contribution is 6.29. The molecule has 2 rings (SSSR count). The van der Waals surface area contributed by atoms with E-state index >= 15 is 0 Å². The van der Waals surface area contributed by atoms with Gasteiger partial charge >= 0.3 is 6.18 Å². The highest BCUT2D eigenvalue weighted by atomic mass is 35.5. The Morgan fingerprint density at radius 1 is 1.15 bits per heavy atom. The molecule has 1 aromatic heterocycles. The minimum atomic E-state index is -4.65. The van der Waals surface area contributed by atoms with Gasteiger partial charge < -0.3 is 4.74 Å². The van der Waals surface area contributed by atoms with Gasteiger partial charge in [0, 0.05) is 6.07 Å². The standard InChI is InChI=1S/C12H5ClF3N3O/c13-10-3-4-11(19-18-10)20-9-2-1-7(6-17)5-8(9)12(14,15)16/h1-5H. The lowest BCUT2D eigenvalue weighted by Crippen LogP contribution is -2.08. The molecular formula is C12H5ClF3N3O. The largest absolute Gasteiger partial charge is 0.437 e. The van der Waals surface area contributed by atoms with E-state index in [1.54, 1.807) is 6.07 Å². The van der Waals surface area contributed by atoms with Crippen molar-refractivity contribution in [3.8, 4) is 17.7 Å².